The summed E-state index contributed by atoms with van der Waals surface area (Å²) < 4.78 is 9.80. The van der Waals surface area contributed by atoms with Crippen LogP contribution in [0, 0.1) is 0 Å². The van der Waals surface area contributed by atoms with Crippen LogP contribution in [0.2, 0.25) is 0 Å². The Bertz CT molecular complexity index is 519. The summed E-state index contributed by atoms with van der Waals surface area (Å²) in [7, 11) is 1.64. The van der Waals surface area contributed by atoms with Crippen LogP contribution in [-0.2, 0) is 19.6 Å². The van der Waals surface area contributed by atoms with E-state index in [2.05, 4.69) is 25.7 Å². The maximum atomic E-state index is 11.8. The summed E-state index contributed by atoms with van der Waals surface area (Å²) in [6, 6.07) is 3.71. The standard InChI is InChI=1S/C12H17BrN2O2.C5H10O2/c1-12(2,3)17-11(16)15(4)10-6-5-9(7-13)8-14-10;1-5(2,3)7-4-6/h5-6,8H,7H2,1-4H3;4H,1-3H3. The fourth-order valence-corrected chi connectivity index (χ4v) is 1.59. The second-order valence-electron chi connectivity index (χ2n) is 7.02. The fourth-order valence-electron chi connectivity index (χ4n) is 1.26. The molecule has 24 heavy (non-hydrogen) atoms. The molecule has 0 aliphatic rings. The lowest BCUT2D eigenvalue weighted by atomic mass is 10.2. The molecule has 7 heteroatoms. The molecule has 1 aromatic rings. The third-order valence-electron chi connectivity index (χ3n) is 2.38. The Morgan fingerprint density at radius 1 is 1.21 bits per heavy atom. The van der Waals surface area contributed by atoms with E-state index < -0.39 is 11.7 Å². The Balaban J connectivity index is 0.000000640. The number of hydrogen-bond donors (Lipinski definition) is 0. The van der Waals surface area contributed by atoms with Crippen LogP contribution in [0.3, 0.4) is 0 Å². The van der Waals surface area contributed by atoms with Gasteiger partial charge in [-0.15, -0.1) is 0 Å². The van der Waals surface area contributed by atoms with E-state index in [4.69, 9.17) is 4.74 Å². The predicted molar refractivity (Wildman–Crippen MR) is 98.4 cm³/mol. The number of aromatic nitrogens is 1. The summed E-state index contributed by atoms with van der Waals surface area (Å²) in [5, 5.41) is 0.746. The Labute approximate surface area is 152 Å². The number of nitrogens with zero attached hydrogens (tertiary/aromatic N) is 2. The lowest BCUT2D eigenvalue weighted by Gasteiger charge is -2.24. The van der Waals surface area contributed by atoms with Gasteiger partial charge in [0, 0.05) is 18.6 Å². The zero-order valence-electron chi connectivity index (χ0n) is 15.4. The van der Waals surface area contributed by atoms with Gasteiger partial charge in [-0.3, -0.25) is 9.69 Å². The second kappa shape index (κ2) is 9.61. The largest absolute Gasteiger partial charge is 0.462 e. The zero-order valence-corrected chi connectivity index (χ0v) is 17.0. The number of carbonyl (C=O) groups is 2. The van der Waals surface area contributed by atoms with Gasteiger partial charge in [-0.2, -0.15) is 0 Å². The highest BCUT2D eigenvalue weighted by atomic mass is 79.9. The van der Waals surface area contributed by atoms with E-state index >= 15 is 0 Å². The number of pyridine rings is 1. The van der Waals surface area contributed by atoms with Crippen molar-refractivity contribution in [2.24, 2.45) is 0 Å². The van der Waals surface area contributed by atoms with E-state index in [9.17, 15) is 9.59 Å². The van der Waals surface area contributed by atoms with Gasteiger partial charge in [-0.1, -0.05) is 22.0 Å². The monoisotopic (exact) mass is 402 g/mol. The minimum absolute atomic E-state index is 0.318. The molecule has 6 nitrogen and oxygen atoms in total. The fraction of sp³-hybridized carbons (Fsp3) is 0.588. The van der Waals surface area contributed by atoms with Crippen molar-refractivity contribution in [3.63, 3.8) is 0 Å². The summed E-state index contributed by atoms with van der Waals surface area (Å²) in [5.41, 5.74) is 0.245. The Hall–Kier alpha value is -1.63. The molecule has 0 aliphatic carbocycles. The molecule has 0 saturated carbocycles. The van der Waals surface area contributed by atoms with Gasteiger partial charge in [0.15, 0.2) is 0 Å². The number of rotatable bonds is 3. The first-order chi connectivity index (χ1) is 10.9. The van der Waals surface area contributed by atoms with Crippen molar-refractivity contribution in [1.29, 1.82) is 0 Å². The summed E-state index contributed by atoms with van der Waals surface area (Å²) in [4.78, 5) is 27.0. The van der Waals surface area contributed by atoms with Gasteiger partial charge in [-0.25, -0.2) is 9.78 Å². The van der Waals surface area contributed by atoms with Crippen LogP contribution in [0.1, 0.15) is 47.1 Å². The number of halogens is 1. The third kappa shape index (κ3) is 10.2. The van der Waals surface area contributed by atoms with Crippen LogP contribution in [0.5, 0.6) is 0 Å². The molecule has 0 N–H and O–H groups in total. The lowest BCUT2D eigenvalue weighted by molar-refractivity contribution is -0.138. The van der Waals surface area contributed by atoms with E-state index in [1.807, 2.05) is 47.6 Å². The smallest absolute Gasteiger partial charge is 0.415 e. The van der Waals surface area contributed by atoms with Crippen molar-refractivity contribution in [1.82, 2.24) is 4.98 Å². The number of alkyl halides is 1. The highest BCUT2D eigenvalue weighted by Gasteiger charge is 2.21. The quantitative estimate of drug-likeness (QED) is 0.556. The molecule has 0 bridgehead atoms. The van der Waals surface area contributed by atoms with Crippen molar-refractivity contribution >= 4 is 34.3 Å². The van der Waals surface area contributed by atoms with Gasteiger partial charge < -0.3 is 9.47 Å². The molecule has 0 fully saturated rings. The topological polar surface area (TPSA) is 68.7 Å². The van der Waals surface area contributed by atoms with Crippen LogP contribution in [-0.4, -0.2) is 35.8 Å². The first kappa shape index (κ1) is 22.4. The maximum Gasteiger partial charge on any atom is 0.415 e. The Kier molecular flexibility index (Phi) is 8.96. The SMILES string of the molecule is CC(C)(C)OC=O.CN(C(=O)OC(C)(C)C)c1ccc(CBr)cn1. The van der Waals surface area contributed by atoms with Gasteiger partial charge >= 0.3 is 6.09 Å². The Morgan fingerprint density at radius 3 is 2.08 bits per heavy atom. The van der Waals surface area contributed by atoms with E-state index in [0.717, 1.165) is 10.9 Å². The molecule has 0 radical (unpaired) electrons. The van der Waals surface area contributed by atoms with Crippen molar-refractivity contribution < 1.29 is 19.1 Å². The first-order valence-corrected chi connectivity index (χ1v) is 8.61. The summed E-state index contributed by atoms with van der Waals surface area (Å²) in [6.45, 7) is 11.4. The molecule has 0 aromatic carbocycles. The minimum atomic E-state index is -0.499. The molecule has 0 atom stereocenters. The molecule has 1 amide bonds. The number of amides is 1. The van der Waals surface area contributed by atoms with E-state index in [1.165, 1.54) is 4.90 Å². The lowest BCUT2D eigenvalue weighted by Crippen LogP contribution is -2.34. The average Bonchev–Trinajstić information content (AvgIpc) is 2.44. The molecular formula is C17H27BrN2O4. The van der Waals surface area contributed by atoms with Crippen LogP contribution in [0.25, 0.3) is 0 Å². The molecule has 0 saturated heterocycles. The van der Waals surface area contributed by atoms with Crippen LogP contribution in [0.4, 0.5) is 10.6 Å². The Morgan fingerprint density at radius 2 is 1.79 bits per heavy atom. The van der Waals surface area contributed by atoms with Gasteiger partial charge in [0.2, 0.25) is 0 Å². The van der Waals surface area contributed by atoms with Crippen molar-refractivity contribution in [3.8, 4) is 0 Å². The van der Waals surface area contributed by atoms with Crippen molar-refractivity contribution in [3.05, 3.63) is 23.9 Å². The highest BCUT2D eigenvalue weighted by Crippen LogP contribution is 2.15. The third-order valence-corrected chi connectivity index (χ3v) is 3.02. The van der Waals surface area contributed by atoms with E-state index in [1.54, 1.807) is 19.3 Å². The second-order valence-corrected chi connectivity index (χ2v) is 7.58. The molecule has 0 aliphatic heterocycles. The molecule has 1 rings (SSSR count). The number of hydrogen-bond acceptors (Lipinski definition) is 5. The number of ether oxygens (including phenoxy) is 2. The molecular weight excluding hydrogens is 376 g/mol. The zero-order chi connectivity index (χ0) is 19.0. The van der Waals surface area contributed by atoms with Gasteiger partial charge in [0.05, 0.1) is 0 Å². The van der Waals surface area contributed by atoms with Crippen LogP contribution >= 0.6 is 15.9 Å². The predicted octanol–water partition coefficient (Wildman–Crippen LogP) is 4.31. The number of carbonyl (C=O) groups excluding carboxylic acids is 2. The molecule has 0 unspecified atom stereocenters. The van der Waals surface area contributed by atoms with Crippen LogP contribution in [0.15, 0.2) is 18.3 Å². The first-order valence-electron chi connectivity index (χ1n) is 7.48. The minimum Gasteiger partial charge on any atom is -0.462 e. The van der Waals surface area contributed by atoms with E-state index in [0.29, 0.717) is 12.3 Å². The van der Waals surface area contributed by atoms with Crippen molar-refractivity contribution in [2.75, 3.05) is 11.9 Å². The van der Waals surface area contributed by atoms with Gasteiger partial charge in [-0.05, 0) is 53.2 Å². The molecule has 136 valence electrons. The maximum absolute atomic E-state index is 11.8. The molecule has 1 aromatic heterocycles. The van der Waals surface area contributed by atoms with Crippen molar-refractivity contribution in [2.45, 2.75) is 58.1 Å². The van der Waals surface area contributed by atoms with Crippen LogP contribution < -0.4 is 4.90 Å². The highest BCUT2D eigenvalue weighted by molar-refractivity contribution is 9.08. The normalized spacial score (nSPS) is 11.0. The number of anilines is 1. The summed E-state index contributed by atoms with van der Waals surface area (Å²) >= 11 is 3.34. The van der Waals surface area contributed by atoms with Gasteiger partial charge in [0.25, 0.3) is 6.47 Å². The van der Waals surface area contributed by atoms with Gasteiger partial charge in [0.1, 0.15) is 17.0 Å². The summed E-state index contributed by atoms with van der Waals surface area (Å²) in [5.74, 6) is 0.573. The summed E-state index contributed by atoms with van der Waals surface area (Å²) in [6.07, 6.45) is 1.32. The molecule has 0 spiro atoms. The average molecular weight is 403 g/mol. The molecule has 1 heterocycles. The van der Waals surface area contributed by atoms with E-state index in [-0.39, 0.29) is 5.60 Å².